The van der Waals surface area contributed by atoms with Crippen LogP contribution in [0.5, 0.6) is 5.75 Å². The average Bonchev–Trinajstić information content (AvgIpc) is 3.32. The molecule has 0 radical (unpaired) electrons. The lowest BCUT2D eigenvalue weighted by molar-refractivity contribution is -0.160. The second-order valence-electron chi connectivity index (χ2n) is 11.2. The van der Waals surface area contributed by atoms with Crippen LogP contribution in [0.1, 0.15) is 86.3 Å². The molecule has 0 amide bonds. The van der Waals surface area contributed by atoms with Crippen molar-refractivity contribution in [3.05, 3.63) is 57.6 Å². The van der Waals surface area contributed by atoms with Gasteiger partial charge in [-0.25, -0.2) is 0 Å². The van der Waals surface area contributed by atoms with E-state index in [-0.39, 0.29) is 24.1 Å². The van der Waals surface area contributed by atoms with Gasteiger partial charge in [-0.15, -0.1) is 0 Å². The molecule has 1 saturated heterocycles. The normalized spacial score (nSPS) is 23.0. The molecule has 5 heteroatoms. The molecule has 0 saturated carbocycles. The first-order valence-electron chi connectivity index (χ1n) is 12.7. The van der Waals surface area contributed by atoms with Crippen molar-refractivity contribution in [1.29, 1.82) is 0 Å². The smallest absolute Gasteiger partial charge is 0.308 e. The number of nitrogens with zero attached hydrogens (tertiary/aromatic N) is 1. The van der Waals surface area contributed by atoms with Crippen molar-refractivity contribution in [2.75, 3.05) is 4.90 Å². The summed E-state index contributed by atoms with van der Waals surface area (Å²) in [4.78, 5) is 14.4. The fraction of sp³-hybridized carbons (Fsp3) is 0.552. The van der Waals surface area contributed by atoms with Crippen molar-refractivity contribution in [3.8, 4) is 5.75 Å². The van der Waals surface area contributed by atoms with E-state index in [0.717, 1.165) is 31.7 Å². The lowest BCUT2D eigenvalue weighted by atomic mass is 9.84. The Labute approximate surface area is 203 Å². The van der Waals surface area contributed by atoms with Crippen LogP contribution in [0, 0.1) is 6.92 Å². The molecular weight excluding hydrogens is 426 g/mol. The van der Waals surface area contributed by atoms with Crippen LogP contribution >= 0.6 is 0 Å². The molecule has 2 aromatic carbocycles. The highest BCUT2D eigenvalue weighted by Crippen LogP contribution is 2.50. The molecule has 2 aromatic rings. The van der Waals surface area contributed by atoms with Gasteiger partial charge in [0.1, 0.15) is 17.5 Å². The number of cyclic esters (lactones) is 1. The van der Waals surface area contributed by atoms with Gasteiger partial charge in [-0.05, 0) is 61.8 Å². The minimum Gasteiger partial charge on any atom is -0.487 e. The summed E-state index contributed by atoms with van der Waals surface area (Å²) in [6.07, 6.45) is 2.12. The summed E-state index contributed by atoms with van der Waals surface area (Å²) in [5.41, 5.74) is 9.17. The molecule has 0 aliphatic carbocycles. The predicted molar refractivity (Wildman–Crippen MR) is 133 cm³/mol. The third kappa shape index (κ3) is 4.19. The van der Waals surface area contributed by atoms with E-state index in [4.69, 9.17) is 9.47 Å². The molecule has 3 heterocycles. The first kappa shape index (κ1) is 23.2. The fourth-order valence-corrected chi connectivity index (χ4v) is 6.15. The van der Waals surface area contributed by atoms with E-state index in [1.54, 1.807) is 0 Å². The summed E-state index contributed by atoms with van der Waals surface area (Å²) in [6, 6.07) is 8.73. The summed E-state index contributed by atoms with van der Waals surface area (Å²) in [5.74, 6) is 1.06. The number of ether oxygens (including phenoxy) is 2. The van der Waals surface area contributed by atoms with Crippen LogP contribution in [0.15, 0.2) is 24.3 Å². The number of rotatable bonds is 5. The fourth-order valence-electron chi connectivity index (χ4n) is 6.15. The van der Waals surface area contributed by atoms with Crippen molar-refractivity contribution in [2.45, 2.75) is 104 Å². The Kier molecular flexibility index (Phi) is 5.87. The van der Waals surface area contributed by atoms with Crippen molar-refractivity contribution in [2.24, 2.45) is 0 Å². The number of aliphatic hydroxyl groups excluding tert-OH is 1. The van der Waals surface area contributed by atoms with E-state index in [1.807, 2.05) is 0 Å². The number of esters is 1. The van der Waals surface area contributed by atoms with Gasteiger partial charge in [-0.1, -0.05) is 38.1 Å². The minimum absolute atomic E-state index is 0.102. The Hall–Kier alpha value is -2.53. The molecule has 0 bridgehead atoms. The summed E-state index contributed by atoms with van der Waals surface area (Å²) in [7, 11) is 0. The zero-order valence-corrected chi connectivity index (χ0v) is 21.1. The maximum Gasteiger partial charge on any atom is 0.308 e. The van der Waals surface area contributed by atoms with E-state index in [1.165, 1.54) is 39.1 Å². The average molecular weight is 464 g/mol. The number of hydrogen-bond donors (Lipinski definition) is 1. The van der Waals surface area contributed by atoms with E-state index in [9.17, 15) is 9.90 Å². The number of fused-ring (bicyclic) bond motifs is 2. The minimum atomic E-state index is -0.603. The Balaban J connectivity index is 1.57. The zero-order valence-electron chi connectivity index (χ0n) is 21.1. The number of anilines is 1. The van der Waals surface area contributed by atoms with Crippen LogP contribution in [-0.4, -0.2) is 28.9 Å². The van der Waals surface area contributed by atoms with Gasteiger partial charge in [0.05, 0.1) is 12.5 Å². The van der Waals surface area contributed by atoms with E-state index in [2.05, 4.69) is 63.8 Å². The van der Waals surface area contributed by atoms with Gasteiger partial charge < -0.3 is 19.5 Å². The maximum absolute atomic E-state index is 11.9. The molecule has 2 atom stereocenters. The lowest BCUT2D eigenvalue weighted by Crippen LogP contribution is -2.33. The number of aliphatic hydroxyl groups is 1. The summed E-state index contributed by atoms with van der Waals surface area (Å²) in [6.45, 7) is 13.0. The van der Waals surface area contributed by atoms with Crippen molar-refractivity contribution < 1.29 is 19.4 Å². The summed E-state index contributed by atoms with van der Waals surface area (Å²) in [5, 5.41) is 10.1. The Morgan fingerprint density at radius 1 is 1.18 bits per heavy atom. The predicted octanol–water partition coefficient (Wildman–Crippen LogP) is 5.35. The highest BCUT2D eigenvalue weighted by atomic mass is 16.5. The molecule has 3 aliphatic rings. The van der Waals surface area contributed by atoms with Gasteiger partial charge in [0.25, 0.3) is 0 Å². The quantitative estimate of drug-likeness (QED) is 0.606. The summed E-state index contributed by atoms with van der Waals surface area (Å²) < 4.78 is 12.2. The molecule has 5 rings (SSSR count). The Bertz CT molecular complexity index is 1090. The molecule has 0 spiro atoms. The van der Waals surface area contributed by atoms with Crippen LogP contribution in [0.3, 0.4) is 0 Å². The molecule has 5 nitrogen and oxygen atoms in total. The Morgan fingerprint density at radius 2 is 1.85 bits per heavy atom. The summed E-state index contributed by atoms with van der Waals surface area (Å²) >= 11 is 0. The third-order valence-corrected chi connectivity index (χ3v) is 7.60. The zero-order chi connectivity index (χ0) is 24.2. The Morgan fingerprint density at radius 3 is 2.47 bits per heavy atom. The second-order valence-corrected chi connectivity index (χ2v) is 11.2. The van der Waals surface area contributed by atoms with Gasteiger partial charge in [-0.3, -0.25) is 4.79 Å². The van der Waals surface area contributed by atoms with Crippen LogP contribution in [0.25, 0.3) is 0 Å². The molecule has 0 unspecified atom stereocenters. The van der Waals surface area contributed by atoms with E-state index in [0.29, 0.717) is 18.8 Å². The molecule has 0 aromatic heterocycles. The third-order valence-electron chi connectivity index (χ3n) is 7.60. The molecular formula is C29H37NO4. The second kappa shape index (κ2) is 8.60. The number of carbonyl (C=O) groups is 1. The molecule has 1 N–H and O–H groups in total. The topological polar surface area (TPSA) is 59.0 Å². The first-order valence-corrected chi connectivity index (χ1v) is 12.7. The van der Waals surface area contributed by atoms with Gasteiger partial charge in [-0.2, -0.15) is 0 Å². The first-order chi connectivity index (χ1) is 16.1. The molecule has 3 aliphatic heterocycles. The van der Waals surface area contributed by atoms with Crippen molar-refractivity contribution in [1.82, 2.24) is 0 Å². The lowest BCUT2D eigenvalue weighted by Gasteiger charge is -2.31. The van der Waals surface area contributed by atoms with Gasteiger partial charge >= 0.3 is 5.97 Å². The monoisotopic (exact) mass is 463 g/mol. The molecule has 182 valence electrons. The van der Waals surface area contributed by atoms with E-state index >= 15 is 0 Å². The highest BCUT2D eigenvalue weighted by molar-refractivity contribution is 5.73. The molecule has 1 fully saturated rings. The number of benzene rings is 2. The van der Waals surface area contributed by atoms with Crippen LogP contribution in [-0.2, 0) is 35.5 Å². The van der Waals surface area contributed by atoms with Crippen LogP contribution < -0.4 is 9.64 Å². The SMILES string of the molecule is Cc1c2c(c(CC[C@@H]3C[C@@H](O)CC(=O)O3)c(C(C)C)c1N1Cc3ccccc3C1)OC(C)(C)C2. The van der Waals surface area contributed by atoms with Crippen molar-refractivity contribution in [3.63, 3.8) is 0 Å². The molecule has 34 heavy (non-hydrogen) atoms. The van der Waals surface area contributed by atoms with Crippen LogP contribution in [0.4, 0.5) is 5.69 Å². The van der Waals surface area contributed by atoms with Gasteiger partial charge in [0.2, 0.25) is 0 Å². The highest BCUT2D eigenvalue weighted by Gasteiger charge is 2.38. The van der Waals surface area contributed by atoms with Crippen molar-refractivity contribution >= 4 is 11.7 Å². The largest absolute Gasteiger partial charge is 0.487 e. The maximum atomic E-state index is 11.9. The van der Waals surface area contributed by atoms with Crippen LogP contribution in [0.2, 0.25) is 0 Å². The standard InChI is InChI=1S/C29H37NO4/c1-17(2)26-23(11-10-22-12-21(31)13-25(32)33-22)28-24(14-29(4,5)34-28)18(3)27(26)30-15-19-8-6-7-9-20(19)16-30/h6-9,17,21-22,31H,10-16H2,1-5H3/t21-,22-/m1/s1. The number of carbonyl (C=O) groups excluding carboxylic acids is 1. The van der Waals surface area contributed by atoms with E-state index < -0.39 is 6.10 Å². The van der Waals surface area contributed by atoms with Gasteiger partial charge in [0.15, 0.2) is 0 Å². The number of hydrogen-bond acceptors (Lipinski definition) is 5. The van der Waals surface area contributed by atoms with Gasteiger partial charge in [0, 0.05) is 42.7 Å².